The minimum atomic E-state index is -1.04. The molecule has 0 bridgehead atoms. The number of nitrogens with zero attached hydrogens (tertiary/aromatic N) is 2. The summed E-state index contributed by atoms with van der Waals surface area (Å²) in [6, 6.07) is 6.73. The average Bonchev–Trinajstić information content (AvgIpc) is 3.71. The SMILES string of the molecule is Cc1ncsc1-c1ccc([C@H](C)NC(=O)C2CC(O)CN2C(=O)[C@@H](NC(=O)CCCc2cc(F)cc(OC[C@@H](N)CCC(N)=O)c2F)C(C)(C)C)cc1.Cl. The molecule has 16 heteroatoms. The van der Waals surface area contributed by atoms with E-state index in [1.165, 1.54) is 4.90 Å². The minimum Gasteiger partial charge on any atom is -0.489 e. The second-order valence-corrected chi connectivity index (χ2v) is 15.5. The number of aryl methyl sites for hydroxylation is 2. The monoisotopic (exact) mass is 792 g/mol. The Labute approximate surface area is 324 Å². The van der Waals surface area contributed by atoms with Crippen LogP contribution in [0.5, 0.6) is 5.75 Å². The van der Waals surface area contributed by atoms with E-state index in [1.54, 1.807) is 37.6 Å². The molecule has 1 fully saturated rings. The number of carbonyl (C=O) groups excluding carboxylic acids is 4. The molecule has 296 valence electrons. The number of rotatable bonds is 16. The molecule has 4 amide bonds. The maximum Gasteiger partial charge on any atom is 0.246 e. The van der Waals surface area contributed by atoms with Gasteiger partial charge in [0.25, 0.3) is 0 Å². The zero-order valence-corrected chi connectivity index (χ0v) is 32.8. The van der Waals surface area contributed by atoms with Gasteiger partial charge in [-0.05, 0) is 61.3 Å². The van der Waals surface area contributed by atoms with Crippen LogP contribution in [0.15, 0.2) is 41.9 Å². The second kappa shape index (κ2) is 19.4. The van der Waals surface area contributed by atoms with Crippen molar-refractivity contribution in [3.63, 3.8) is 0 Å². The van der Waals surface area contributed by atoms with Crippen molar-refractivity contribution in [3.05, 3.63) is 70.4 Å². The van der Waals surface area contributed by atoms with Crippen LogP contribution in [0.25, 0.3) is 10.4 Å². The quantitative estimate of drug-likeness (QED) is 0.140. The summed E-state index contributed by atoms with van der Waals surface area (Å²) in [6.07, 6.45) is -0.596. The van der Waals surface area contributed by atoms with Crippen molar-refractivity contribution in [2.45, 2.75) is 103 Å². The highest BCUT2D eigenvalue weighted by Crippen LogP contribution is 2.30. The number of halogens is 3. The van der Waals surface area contributed by atoms with E-state index < -0.39 is 64.9 Å². The predicted molar refractivity (Wildman–Crippen MR) is 205 cm³/mol. The fourth-order valence-corrected chi connectivity index (χ4v) is 7.01. The van der Waals surface area contributed by atoms with Gasteiger partial charge in [-0.25, -0.2) is 13.8 Å². The fraction of sp³-hybridized carbons (Fsp3) is 0.500. The third kappa shape index (κ3) is 11.9. The van der Waals surface area contributed by atoms with Crippen LogP contribution in [-0.4, -0.2) is 76.0 Å². The van der Waals surface area contributed by atoms with Gasteiger partial charge in [-0.1, -0.05) is 45.0 Å². The first kappa shape index (κ1) is 44.2. The van der Waals surface area contributed by atoms with E-state index in [0.717, 1.165) is 33.8 Å². The summed E-state index contributed by atoms with van der Waals surface area (Å²) in [7, 11) is 0. The van der Waals surface area contributed by atoms with Gasteiger partial charge in [0.2, 0.25) is 23.6 Å². The number of aromatic nitrogens is 1. The molecule has 2 heterocycles. The van der Waals surface area contributed by atoms with Gasteiger partial charge in [0, 0.05) is 37.9 Å². The molecule has 0 radical (unpaired) electrons. The molecule has 0 saturated carbocycles. The molecule has 3 aromatic rings. The van der Waals surface area contributed by atoms with Crippen molar-refractivity contribution in [1.82, 2.24) is 20.5 Å². The Kier molecular flexibility index (Phi) is 15.9. The van der Waals surface area contributed by atoms with Crippen LogP contribution >= 0.6 is 23.7 Å². The molecule has 5 atom stereocenters. The summed E-state index contributed by atoms with van der Waals surface area (Å²) < 4.78 is 34.9. The number of primary amides is 1. The van der Waals surface area contributed by atoms with Gasteiger partial charge in [-0.2, -0.15) is 0 Å². The topological polar surface area (TPSA) is 190 Å². The number of nitrogens with two attached hydrogens (primary N) is 2. The van der Waals surface area contributed by atoms with E-state index >= 15 is 4.39 Å². The molecule has 0 aliphatic carbocycles. The molecule has 2 unspecified atom stereocenters. The third-order valence-corrected chi connectivity index (χ3v) is 10.2. The summed E-state index contributed by atoms with van der Waals surface area (Å²) >= 11 is 1.55. The molecule has 2 aromatic carbocycles. The molecule has 1 aromatic heterocycles. The first-order chi connectivity index (χ1) is 24.9. The molecule has 12 nitrogen and oxygen atoms in total. The van der Waals surface area contributed by atoms with Crippen molar-refractivity contribution in [1.29, 1.82) is 0 Å². The summed E-state index contributed by atoms with van der Waals surface area (Å²) in [5, 5.41) is 16.3. The number of hydrogen-bond donors (Lipinski definition) is 5. The van der Waals surface area contributed by atoms with E-state index in [4.69, 9.17) is 16.2 Å². The number of ether oxygens (including phenoxy) is 1. The lowest BCUT2D eigenvalue weighted by atomic mass is 9.85. The van der Waals surface area contributed by atoms with Crippen molar-refractivity contribution in [3.8, 4) is 16.2 Å². The number of thiazole rings is 1. The predicted octanol–water partition coefficient (Wildman–Crippen LogP) is 4.48. The summed E-state index contributed by atoms with van der Waals surface area (Å²) in [6.45, 7) is 8.89. The number of nitrogens with one attached hydrogen (secondary N) is 2. The smallest absolute Gasteiger partial charge is 0.246 e. The van der Waals surface area contributed by atoms with Crippen LogP contribution in [0.2, 0.25) is 0 Å². The first-order valence-electron chi connectivity index (χ1n) is 17.7. The number of hydrogen-bond acceptors (Lipinski definition) is 9. The molecule has 1 saturated heterocycles. The van der Waals surface area contributed by atoms with E-state index in [1.807, 2.05) is 38.1 Å². The lowest BCUT2D eigenvalue weighted by Gasteiger charge is -2.35. The Morgan fingerprint density at radius 3 is 2.41 bits per heavy atom. The number of aliphatic hydroxyl groups excluding tert-OH is 1. The molecule has 54 heavy (non-hydrogen) atoms. The lowest BCUT2D eigenvalue weighted by molar-refractivity contribution is -0.144. The molecule has 7 N–H and O–H groups in total. The highest BCUT2D eigenvalue weighted by molar-refractivity contribution is 7.13. The van der Waals surface area contributed by atoms with Crippen molar-refractivity contribution in [2.75, 3.05) is 13.2 Å². The first-order valence-corrected chi connectivity index (χ1v) is 18.6. The van der Waals surface area contributed by atoms with E-state index in [2.05, 4.69) is 15.6 Å². The van der Waals surface area contributed by atoms with E-state index in [9.17, 15) is 28.7 Å². The van der Waals surface area contributed by atoms with Gasteiger partial charge in [0.1, 0.15) is 24.5 Å². The molecule has 4 rings (SSSR count). The number of amides is 4. The number of likely N-dealkylation sites (tertiary alicyclic amines) is 1. The van der Waals surface area contributed by atoms with Crippen LogP contribution < -0.4 is 26.8 Å². The molecular formula is C38H51ClF2N6O6S. The van der Waals surface area contributed by atoms with Gasteiger partial charge in [-0.15, -0.1) is 23.7 Å². The van der Waals surface area contributed by atoms with Gasteiger partial charge in [0.05, 0.1) is 28.2 Å². The molecule has 1 aliphatic heterocycles. The van der Waals surface area contributed by atoms with Crippen molar-refractivity contribution >= 4 is 47.4 Å². The van der Waals surface area contributed by atoms with E-state index in [-0.39, 0.29) is 81.4 Å². The van der Waals surface area contributed by atoms with Crippen molar-refractivity contribution < 1.29 is 37.8 Å². The van der Waals surface area contributed by atoms with Crippen molar-refractivity contribution in [2.24, 2.45) is 16.9 Å². The zero-order chi connectivity index (χ0) is 39.0. The minimum absolute atomic E-state index is 0. The van der Waals surface area contributed by atoms with Gasteiger partial charge >= 0.3 is 0 Å². The zero-order valence-electron chi connectivity index (χ0n) is 31.2. The van der Waals surface area contributed by atoms with Gasteiger partial charge in [0.15, 0.2) is 11.6 Å². The van der Waals surface area contributed by atoms with Crippen LogP contribution in [0.1, 0.15) is 82.7 Å². The van der Waals surface area contributed by atoms with Crippen LogP contribution in [-0.2, 0) is 25.6 Å². The molecule has 1 aliphatic rings. The van der Waals surface area contributed by atoms with Gasteiger partial charge < -0.3 is 36.8 Å². The van der Waals surface area contributed by atoms with Crippen LogP contribution in [0.4, 0.5) is 8.78 Å². The Bertz CT molecular complexity index is 1770. The third-order valence-electron chi connectivity index (χ3n) is 9.20. The highest BCUT2D eigenvalue weighted by atomic mass is 35.5. The largest absolute Gasteiger partial charge is 0.489 e. The Morgan fingerprint density at radius 2 is 1.80 bits per heavy atom. The Hall–Kier alpha value is -4.18. The maximum absolute atomic E-state index is 15.2. The molecular weight excluding hydrogens is 742 g/mol. The summed E-state index contributed by atoms with van der Waals surface area (Å²) in [5.74, 6) is -3.80. The fourth-order valence-electron chi connectivity index (χ4n) is 6.20. The standard InChI is InChI=1S/C38H50F2N6O6S.ClH/c1-21(23-9-11-24(12-10-23)34-22(2)43-20-53-34)44-36(50)29-17-28(47)18-46(29)37(51)35(38(3,4)5)45-32(49)8-6-7-25-15-26(39)16-30(33(25)40)52-19-27(41)13-14-31(42)48;/h9-12,15-16,20-21,27-29,35,47H,6-8,13-14,17-19,41H2,1-5H3,(H2,42,48)(H,44,50)(H,45,49);1H/t21-,27-,28?,29?,35+;/m0./s1. The van der Waals surface area contributed by atoms with Crippen LogP contribution in [0.3, 0.4) is 0 Å². The molecule has 0 spiro atoms. The Balaban J connectivity index is 0.00000784. The van der Waals surface area contributed by atoms with Gasteiger partial charge in [-0.3, -0.25) is 19.2 Å². The summed E-state index contributed by atoms with van der Waals surface area (Å²) in [5.41, 5.74) is 14.9. The normalized spacial score (nSPS) is 17.2. The average molecular weight is 793 g/mol. The lowest BCUT2D eigenvalue weighted by Crippen LogP contribution is -2.57. The summed E-state index contributed by atoms with van der Waals surface area (Å²) in [4.78, 5) is 58.4. The second-order valence-electron chi connectivity index (χ2n) is 14.7. The number of aliphatic hydroxyl groups is 1. The number of β-amino-alcohol motifs (C(OH)–C–C–N with tert-alkyl or cyclic N) is 1. The van der Waals surface area contributed by atoms with E-state index in [0.29, 0.717) is 0 Å². The number of carbonyl (C=O) groups is 4. The maximum atomic E-state index is 15.2. The Morgan fingerprint density at radius 1 is 1.11 bits per heavy atom. The number of benzene rings is 2. The highest BCUT2D eigenvalue weighted by Gasteiger charge is 2.44. The van der Waals surface area contributed by atoms with Crippen LogP contribution in [0, 0.1) is 24.0 Å².